The maximum absolute atomic E-state index is 12.1. The van der Waals surface area contributed by atoms with Crippen molar-refractivity contribution < 1.29 is 19.1 Å². The molecule has 0 bridgehead atoms. The van der Waals surface area contributed by atoms with Gasteiger partial charge in [-0.05, 0) is 12.1 Å². The van der Waals surface area contributed by atoms with Crippen LogP contribution in [0.2, 0.25) is 0 Å². The van der Waals surface area contributed by atoms with Crippen molar-refractivity contribution in [3.63, 3.8) is 0 Å². The van der Waals surface area contributed by atoms with E-state index in [9.17, 15) is 14.4 Å². The van der Waals surface area contributed by atoms with Crippen LogP contribution in [0.25, 0.3) is 5.69 Å². The number of ether oxygens (including phenoxy) is 2. The first-order valence-corrected chi connectivity index (χ1v) is 5.91. The quantitative estimate of drug-likeness (QED) is 0.776. The van der Waals surface area contributed by atoms with Crippen LogP contribution in [0.15, 0.2) is 41.7 Å². The SMILES string of the molecule is COC(=O)c1cn(-c2cccnc2)cc(C(=O)OC)c1=O. The number of aromatic nitrogens is 2. The summed E-state index contributed by atoms with van der Waals surface area (Å²) in [7, 11) is 2.31. The van der Waals surface area contributed by atoms with Gasteiger partial charge in [0.05, 0.1) is 26.1 Å². The van der Waals surface area contributed by atoms with Gasteiger partial charge in [0.15, 0.2) is 0 Å². The zero-order valence-corrected chi connectivity index (χ0v) is 11.4. The maximum atomic E-state index is 12.1. The lowest BCUT2D eigenvalue weighted by molar-refractivity contribution is 0.0595. The molecule has 0 spiro atoms. The van der Waals surface area contributed by atoms with E-state index in [-0.39, 0.29) is 11.1 Å². The van der Waals surface area contributed by atoms with E-state index in [1.807, 2.05) is 0 Å². The molecule has 2 aromatic rings. The van der Waals surface area contributed by atoms with E-state index in [1.54, 1.807) is 18.3 Å². The summed E-state index contributed by atoms with van der Waals surface area (Å²) < 4.78 is 10.6. The Morgan fingerprint density at radius 1 is 1.10 bits per heavy atom. The van der Waals surface area contributed by atoms with Gasteiger partial charge < -0.3 is 14.0 Å². The molecule has 2 heterocycles. The van der Waals surface area contributed by atoms with E-state index in [2.05, 4.69) is 14.5 Å². The summed E-state index contributed by atoms with van der Waals surface area (Å²) in [5, 5.41) is 0. The highest BCUT2D eigenvalue weighted by molar-refractivity contribution is 5.94. The standard InChI is InChI=1S/C14H12N2O5/c1-20-13(18)10-7-16(9-4-3-5-15-6-9)8-11(12(10)17)14(19)21-2/h3-8H,1-2H3. The molecule has 0 aliphatic rings. The fraction of sp³-hybridized carbons (Fsp3) is 0.143. The summed E-state index contributed by atoms with van der Waals surface area (Å²) in [5.74, 6) is -1.66. The fourth-order valence-electron chi connectivity index (χ4n) is 1.74. The topological polar surface area (TPSA) is 87.5 Å². The molecular formula is C14H12N2O5. The number of hydrogen-bond acceptors (Lipinski definition) is 6. The van der Waals surface area contributed by atoms with Gasteiger partial charge in [-0.3, -0.25) is 9.78 Å². The van der Waals surface area contributed by atoms with Crippen LogP contribution in [0, 0.1) is 0 Å². The van der Waals surface area contributed by atoms with Crippen molar-refractivity contribution in [3.05, 3.63) is 58.3 Å². The molecule has 2 aromatic heterocycles. The first kappa shape index (κ1) is 14.4. The summed E-state index contributed by atoms with van der Waals surface area (Å²) in [6.07, 6.45) is 5.68. The number of carbonyl (C=O) groups is 2. The number of pyridine rings is 2. The zero-order valence-electron chi connectivity index (χ0n) is 11.4. The normalized spacial score (nSPS) is 10.0. The predicted octanol–water partition coefficient (Wildman–Crippen LogP) is 0.806. The average Bonchev–Trinajstić information content (AvgIpc) is 2.54. The summed E-state index contributed by atoms with van der Waals surface area (Å²) in [4.78, 5) is 39.4. The van der Waals surface area contributed by atoms with Crippen molar-refractivity contribution in [2.75, 3.05) is 14.2 Å². The molecule has 0 amide bonds. The second kappa shape index (κ2) is 6.00. The van der Waals surface area contributed by atoms with Crippen LogP contribution in [0.3, 0.4) is 0 Å². The molecule has 0 aromatic carbocycles. The second-order valence-corrected chi connectivity index (χ2v) is 4.02. The summed E-state index contributed by atoms with van der Waals surface area (Å²) in [6, 6.07) is 3.39. The molecule has 0 saturated heterocycles. The van der Waals surface area contributed by atoms with Gasteiger partial charge in [0.25, 0.3) is 0 Å². The first-order valence-electron chi connectivity index (χ1n) is 5.91. The minimum atomic E-state index is -0.830. The van der Waals surface area contributed by atoms with Crippen LogP contribution in [-0.2, 0) is 9.47 Å². The summed E-state index contributed by atoms with van der Waals surface area (Å²) in [5.41, 5.74) is -0.685. The van der Waals surface area contributed by atoms with Crippen molar-refractivity contribution >= 4 is 11.9 Å². The zero-order chi connectivity index (χ0) is 15.4. The molecule has 0 aliphatic heterocycles. The van der Waals surface area contributed by atoms with Crippen LogP contribution >= 0.6 is 0 Å². The molecule has 7 heteroatoms. The smallest absolute Gasteiger partial charge is 0.343 e. The van der Waals surface area contributed by atoms with Crippen molar-refractivity contribution in [3.8, 4) is 5.69 Å². The van der Waals surface area contributed by atoms with E-state index in [0.717, 1.165) is 14.2 Å². The molecule has 108 valence electrons. The first-order chi connectivity index (χ1) is 10.1. The second-order valence-electron chi connectivity index (χ2n) is 4.02. The number of rotatable bonds is 3. The van der Waals surface area contributed by atoms with E-state index in [4.69, 9.17) is 0 Å². The molecule has 7 nitrogen and oxygen atoms in total. The van der Waals surface area contributed by atoms with Crippen molar-refractivity contribution in [2.45, 2.75) is 0 Å². The van der Waals surface area contributed by atoms with Gasteiger partial charge in [-0.2, -0.15) is 0 Å². The third kappa shape index (κ3) is 2.81. The Hall–Kier alpha value is -2.96. The molecule has 0 N–H and O–H groups in total. The van der Waals surface area contributed by atoms with E-state index < -0.39 is 17.4 Å². The van der Waals surface area contributed by atoms with Gasteiger partial charge in [0, 0.05) is 18.6 Å². The minimum Gasteiger partial charge on any atom is -0.465 e. The van der Waals surface area contributed by atoms with Gasteiger partial charge in [0.2, 0.25) is 5.43 Å². The van der Waals surface area contributed by atoms with Crippen LogP contribution in [0.5, 0.6) is 0 Å². The lowest BCUT2D eigenvalue weighted by Gasteiger charge is -2.10. The lowest BCUT2D eigenvalue weighted by Crippen LogP contribution is -2.25. The Morgan fingerprint density at radius 3 is 2.10 bits per heavy atom. The number of esters is 2. The molecule has 0 radical (unpaired) electrons. The molecule has 0 unspecified atom stereocenters. The number of nitrogens with zero attached hydrogens (tertiary/aromatic N) is 2. The average molecular weight is 288 g/mol. The molecule has 0 atom stereocenters. The van der Waals surface area contributed by atoms with Crippen LogP contribution in [0.4, 0.5) is 0 Å². The number of hydrogen-bond donors (Lipinski definition) is 0. The Kier molecular flexibility index (Phi) is 4.13. The summed E-state index contributed by atoms with van der Waals surface area (Å²) in [6.45, 7) is 0. The highest BCUT2D eigenvalue weighted by Crippen LogP contribution is 2.09. The Labute approximate surface area is 119 Å². The van der Waals surface area contributed by atoms with E-state index >= 15 is 0 Å². The third-order valence-electron chi connectivity index (χ3n) is 2.78. The van der Waals surface area contributed by atoms with Crippen LogP contribution < -0.4 is 5.43 Å². The van der Waals surface area contributed by atoms with Gasteiger partial charge in [-0.25, -0.2) is 9.59 Å². The number of methoxy groups -OCH3 is 2. The molecule has 21 heavy (non-hydrogen) atoms. The van der Waals surface area contributed by atoms with Crippen molar-refractivity contribution in [1.82, 2.24) is 9.55 Å². The highest BCUT2D eigenvalue weighted by atomic mass is 16.5. The third-order valence-corrected chi connectivity index (χ3v) is 2.78. The molecule has 0 saturated carbocycles. The van der Waals surface area contributed by atoms with Crippen LogP contribution in [-0.4, -0.2) is 35.7 Å². The monoisotopic (exact) mass is 288 g/mol. The van der Waals surface area contributed by atoms with E-state index in [0.29, 0.717) is 5.69 Å². The maximum Gasteiger partial charge on any atom is 0.343 e. The van der Waals surface area contributed by atoms with Gasteiger partial charge >= 0.3 is 11.9 Å². The minimum absolute atomic E-state index is 0.260. The Balaban J connectivity index is 2.71. The molecule has 0 aliphatic carbocycles. The van der Waals surface area contributed by atoms with E-state index in [1.165, 1.54) is 23.2 Å². The largest absolute Gasteiger partial charge is 0.465 e. The van der Waals surface area contributed by atoms with Gasteiger partial charge in [-0.1, -0.05) is 0 Å². The van der Waals surface area contributed by atoms with Gasteiger partial charge in [-0.15, -0.1) is 0 Å². The highest BCUT2D eigenvalue weighted by Gasteiger charge is 2.20. The molecule has 0 fully saturated rings. The van der Waals surface area contributed by atoms with Crippen molar-refractivity contribution in [1.29, 1.82) is 0 Å². The Morgan fingerprint density at radius 2 is 1.67 bits per heavy atom. The number of carbonyl (C=O) groups excluding carboxylic acids is 2. The lowest BCUT2D eigenvalue weighted by atomic mass is 10.2. The molecule has 2 rings (SSSR count). The van der Waals surface area contributed by atoms with Crippen molar-refractivity contribution in [2.24, 2.45) is 0 Å². The van der Waals surface area contributed by atoms with Gasteiger partial charge in [0.1, 0.15) is 11.1 Å². The fourth-order valence-corrected chi connectivity index (χ4v) is 1.74. The summed E-state index contributed by atoms with van der Waals surface area (Å²) >= 11 is 0. The Bertz CT molecular complexity index is 697. The van der Waals surface area contributed by atoms with Crippen LogP contribution in [0.1, 0.15) is 20.7 Å². The molecular weight excluding hydrogens is 276 g/mol. The predicted molar refractivity (Wildman–Crippen MR) is 72.5 cm³/mol.